The molecule has 0 bridgehead atoms. The lowest BCUT2D eigenvalue weighted by Crippen LogP contribution is -2.28. The van der Waals surface area contributed by atoms with Crippen LogP contribution in [-0.2, 0) is 11.3 Å². The van der Waals surface area contributed by atoms with Gasteiger partial charge >= 0.3 is 0 Å². The van der Waals surface area contributed by atoms with Gasteiger partial charge in [0.1, 0.15) is 0 Å². The largest absolute Gasteiger partial charge is 0.419 e. The Labute approximate surface area is 176 Å². The molecule has 3 aromatic carbocycles. The molecule has 4 aromatic rings. The van der Waals surface area contributed by atoms with Gasteiger partial charge in [-0.1, -0.05) is 78.9 Å². The number of hydrogen-bond acceptors (Lipinski definition) is 4. The van der Waals surface area contributed by atoms with Crippen LogP contribution in [0.15, 0.2) is 95.4 Å². The normalized spacial score (nSPS) is 10.9. The third-order valence-corrected chi connectivity index (χ3v) is 5.07. The van der Waals surface area contributed by atoms with Crippen molar-refractivity contribution in [2.45, 2.75) is 18.9 Å². The Morgan fingerprint density at radius 3 is 1.93 bits per heavy atom. The van der Waals surface area contributed by atoms with Crippen molar-refractivity contribution in [2.75, 3.05) is 7.05 Å². The third-order valence-electron chi connectivity index (χ3n) is 5.07. The van der Waals surface area contributed by atoms with Crippen molar-refractivity contribution in [3.05, 3.63) is 108 Å². The summed E-state index contributed by atoms with van der Waals surface area (Å²) in [7, 11) is 1.77. The third kappa shape index (κ3) is 4.63. The minimum atomic E-state index is -0.00934. The van der Waals surface area contributed by atoms with Crippen LogP contribution >= 0.6 is 0 Å². The first-order valence-corrected chi connectivity index (χ1v) is 9.92. The molecule has 0 aliphatic rings. The number of rotatable bonds is 7. The first-order chi connectivity index (χ1) is 14.7. The lowest BCUT2D eigenvalue weighted by molar-refractivity contribution is -0.130. The number of carbonyl (C=O) groups is 1. The van der Waals surface area contributed by atoms with Gasteiger partial charge in [0.15, 0.2) is 0 Å². The smallest absolute Gasteiger partial charge is 0.247 e. The van der Waals surface area contributed by atoms with E-state index in [1.807, 2.05) is 66.7 Å². The van der Waals surface area contributed by atoms with Gasteiger partial charge in [-0.15, -0.1) is 10.2 Å². The van der Waals surface area contributed by atoms with E-state index in [4.69, 9.17) is 4.42 Å². The van der Waals surface area contributed by atoms with Crippen LogP contribution in [-0.4, -0.2) is 28.1 Å². The molecule has 1 amide bonds. The summed E-state index contributed by atoms with van der Waals surface area (Å²) in [6.07, 6.45) is 0.365. The van der Waals surface area contributed by atoms with Crippen LogP contribution in [0.2, 0.25) is 0 Å². The van der Waals surface area contributed by atoms with E-state index in [9.17, 15) is 4.79 Å². The predicted molar refractivity (Wildman–Crippen MR) is 116 cm³/mol. The lowest BCUT2D eigenvalue weighted by Gasteiger charge is -2.21. The maximum absolute atomic E-state index is 13.0. The molecule has 0 saturated carbocycles. The molecule has 4 rings (SSSR count). The lowest BCUT2D eigenvalue weighted by atomic mass is 9.88. The van der Waals surface area contributed by atoms with E-state index in [1.54, 1.807) is 11.9 Å². The highest BCUT2D eigenvalue weighted by Crippen LogP contribution is 2.28. The van der Waals surface area contributed by atoms with Crippen molar-refractivity contribution < 1.29 is 9.21 Å². The number of aromatic nitrogens is 2. The van der Waals surface area contributed by atoms with E-state index in [2.05, 4.69) is 34.5 Å². The van der Waals surface area contributed by atoms with Gasteiger partial charge in [-0.3, -0.25) is 4.79 Å². The average Bonchev–Trinajstić information content (AvgIpc) is 3.27. The Balaban J connectivity index is 1.47. The second-order valence-corrected chi connectivity index (χ2v) is 7.19. The molecule has 5 nitrogen and oxygen atoms in total. The van der Waals surface area contributed by atoms with Gasteiger partial charge in [-0.2, -0.15) is 0 Å². The Morgan fingerprint density at radius 2 is 1.37 bits per heavy atom. The molecule has 5 heteroatoms. The first kappa shape index (κ1) is 19.6. The number of benzene rings is 3. The summed E-state index contributed by atoms with van der Waals surface area (Å²) in [5, 5.41) is 8.20. The van der Waals surface area contributed by atoms with Crippen LogP contribution in [0.5, 0.6) is 0 Å². The molecule has 0 fully saturated rings. The summed E-state index contributed by atoms with van der Waals surface area (Å²) in [4.78, 5) is 14.7. The fourth-order valence-corrected chi connectivity index (χ4v) is 3.44. The van der Waals surface area contributed by atoms with Gasteiger partial charge in [0, 0.05) is 24.9 Å². The minimum Gasteiger partial charge on any atom is -0.419 e. The van der Waals surface area contributed by atoms with Crippen LogP contribution in [0, 0.1) is 0 Å². The van der Waals surface area contributed by atoms with Crippen LogP contribution in [0.1, 0.15) is 29.4 Å². The number of nitrogens with zero attached hydrogens (tertiary/aromatic N) is 3. The zero-order chi connectivity index (χ0) is 20.8. The molecule has 0 aliphatic heterocycles. The van der Waals surface area contributed by atoms with E-state index >= 15 is 0 Å². The highest BCUT2D eigenvalue weighted by Gasteiger charge is 2.21. The van der Waals surface area contributed by atoms with Crippen molar-refractivity contribution in [1.82, 2.24) is 15.1 Å². The van der Waals surface area contributed by atoms with Gasteiger partial charge in [-0.05, 0) is 23.3 Å². The molecular weight excluding hydrogens is 374 g/mol. The second kappa shape index (κ2) is 9.18. The molecule has 0 N–H and O–H groups in total. The predicted octanol–water partition coefficient (Wildman–Crippen LogP) is 4.92. The highest BCUT2D eigenvalue weighted by molar-refractivity contribution is 5.77. The second-order valence-electron chi connectivity index (χ2n) is 7.19. The molecule has 1 heterocycles. The number of hydrogen-bond donors (Lipinski definition) is 0. The fraction of sp³-hybridized carbons (Fsp3) is 0.160. The number of carbonyl (C=O) groups excluding carboxylic acids is 1. The molecule has 1 aromatic heterocycles. The summed E-state index contributed by atoms with van der Waals surface area (Å²) in [5.74, 6) is 0.885. The van der Waals surface area contributed by atoms with Gasteiger partial charge in [0.2, 0.25) is 17.7 Å². The monoisotopic (exact) mass is 397 g/mol. The van der Waals surface area contributed by atoms with Crippen molar-refractivity contribution >= 4 is 5.91 Å². The summed E-state index contributed by atoms with van der Waals surface area (Å²) in [5.41, 5.74) is 3.10. The summed E-state index contributed by atoms with van der Waals surface area (Å²) in [6, 6.07) is 29.8. The van der Waals surface area contributed by atoms with E-state index < -0.39 is 0 Å². The van der Waals surface area contributed by atoms with Crippen LogP contribution in [0.4, 0.5) is 0 Å². The van der Waals surface area contributed by atoms with E-state index in [1.165, 1.54) is 0 Å². The Bertz CT molecular complexity index is 1040. The van der Waals surface area contributed by atoms with Gasteiger partial charge in [0.05, 0.1) is 6.54 Å². The SMILES string of the molecule is CN(Cc1nnc(-c2ccccc2)o1)C(=O)CC(c1ccccc1)c1ccccc1. The summed E-state index contributed by atoms with van der Waals surface area (Å²) < 4.78 is 5.75. The number of amides is 1. The minimum absolute atomic E-state index is 0.00934. The van der Waals surface area contributed by atoms with Crippen LogP contribution in [0.25, 0.3) is 11.5 Å². The van der Waals surface area contributed by atoms with Crippen molar-refractivity contribution in [2.24, 2.45) is 0 Å². The summed E-state index contributed by atoms with van der Waals surface area (Å²) in [6.45, 7) is 0.273. The van der Waals surface area contributed by atoms with Crippen LogP contribution in [0.3, 0.4) is 0 Å². The Kier molecular flexibility index (Phi) is 5.99. The molecule has 150 valence electrons. The van der Waals surface area contributed by atoms with Gasteiger partial charge in [0.25, 0.3) is 0 Å². The van der Waals surface area contributed by atoms with Crippen LogP contribution < -0.4 is 0 Å². The van der Waals surface area contributed by atoms with Crippen molar-refractivity contribution in [1.29, 1.82) is 0 Å². The molecule has 0 atom stereocenters. The Hall–Kier alpha value is -3.73. The molecule has 0 unspecified atom stereocenters. The van der Waals surface area contributed by atoms with E-state index in [0.717, 1.165) is 16.7 Å². The molecule has 30 heavy (non-hydrogen) atoms. The van der Waals surface area contributed by atoms with E-state index in [-0.39, 0.29) is 18.4 Å². The topological polar surface area (TPSA) is 59.2 Å². The maximum atomic E-state index is 13.0. The zero-order valence-corrected chi connectivity index (χ0v) is 16.8. The quantitative estimate of drug-likeness (QED) is 0.444. The summed E-state index contributed by atoms with van der Waals surface area (Å²) >= 11 is 0. The first-order valence-electron chi connectivity index (χ1n) is 9.92. The fourth-order valence-electron chi connectivity index (χ4n) is 3.44. The van der Waals surface area contributed by atoms with Crippen molar-refractivity contribution in [3.63, 3.8) is 0 Å². The molecular formula is C25H23N3O2. The van der Waals surface area contributed by atoms with E-state index in [0.29, 0.717) is 18.2 Å². The highest BCUT2D eigenvalue weighted by atomic mass is 16.4. The average molecular weight is 397 g/mol. The maximum Gasteiger partial charge on any atom is 0.247 e. The van der Waals surface area contributed by atoms with Gasteiger partial charge in [-0.25, -0.2) is 0 Å². The molecule has 0 radical (unpaired) electrons. The Morgan fingerprint density at radius 1 is 0.833 bits per heavy atom. The standard InChI is InChI=1S/C25H23N3O2/c1-28(18-23-26-27-25(30-23)21-15-9-4-10-16-21)24(29)17-22(19-11-5-2-6-12-19)20-13-7-3-8-14-20/h2-16,22H,17-18H2,1H3. The molecule has 0 saturated heterocycles. The zero-order valence-electron chi connectivity index (χ0n) is 16.8. The van der Waals surface area contributed by atoms with Crippen molar-refractivity contribution in [3.8, 4) is 11.5 Å². The molecule has 0 aliphatic carbocycles. The molecule has 0 spiro atoms. The van der Waals surface area contributed by atoms with Gasteiger partial charge < -0.3 is 9.32 Å².